The van der Waals surface area contributed by atoms with E-state index < -0.39 is 28.5 Å². The van der Waals surface area contributed by atoms with Crippen LogP contribution in [0.25, 0.3) is 0 Å². The van der Waals surface area contributed by atoms with Crippen LogP contribution in [0.2, 0.25) is 0 Å². The molecule has 26 heavy (non-hydrogen) atoms. The number of nitrogens with zero attached hydrogens (tertiary/aromatic N) is 1. The largest absolute Gasteiger partial charge is 0.383 e. The first-order valence-corrected chi connectivity index (χ1v) is 9.85. The van der Waals surface area contributed by atoms with E-state index in [1.165, 1.54) is 18.9 Å². The van der Waals surface area contributed by atoms with E-state index in [4.69, 9.17) is 0 Å². The fourth-order valence-corrected chi connectivity index (χ4v) is 6.49. The molecule has 4 aliphatic carbocycles. The molecule has 0 spiro atoms. The summed E-state index contributed by atoms with van der Waals surface area (Å²) in [5.74, 6) is -0.754. The first-order chi connectivity index (χ1) is 12.3. The van der Waals surface area contributed by atoms with Gasteiger partial charge in [-0.3, -0.25) is 14.4 Å². The smallest absolute Gasteiger partial charge is 0.222 e. The molecule has 0 amide bonds. The highest BCUT2D eigenvalue weighted by Gasteiger charge is 2.72. The van der Waals surface area contributed by atoms with Crippen LogP contribution in [-0.4, -0.2) is 58.7 Å². The zero-order valence-electron chi connectivity index (χ0n) is 15.2. The number of aliphatic hydroxyl groups is 1. The molecule has 5 rings (SSSR count). The molecule has 138 valence electrons. The molecule has 5 heteroatoms. The number of Topliss-reactive ketones (excluding diaryl/α,β-unsaturated/α-hetero) is 2. The van der Waals surface area contributed by atoms with E-state index in [1.54, 1.807) is 6.08 Å². The lowest BCUT2D eigenvalue weighted by Crippen LogP contribution is -2.78. The fraction of sp³-hybridized carbons (Fsp3) is 0.667. The molecule has 2 unspecified atom stereocenters. The first kappa shape index (κ1) is 16.6. The molecule has 5 atom stereocenters. The van der Waals surface area contributed by atoms with E-state index in [2.05, 4.69) is 13.1 Å². The Hall–Kier alpha value is -1.59. The van der Waals surface area contributed by atoms with E-state index in [0.717, 1.165) is 29.1 Å². The fourth-order valence-electron chi connectivity index (χ4n) is 6.49. The molecule has 0 radical (unpaired) electrons. The van der Waals surface area contributed by atoms with E-state index in [0.29, 0.717) is 19.3 Å². The molecule has 2 bridgehead atoms. The Labute approximate surface area is 153 Å². The van der Waals surface area contributed by atoms with E-state index in [-0.39, 0.29) is 18.2 Å². The standard InChI is InChI=1S/C21H26NO4/c1-22(12-13-2-3-13)9-8-20-11-15(23)6-7-21(20,26)17(22)10-14-4-5-16(24)19(25)18(14)20/h4-5,10,13,17-18,26H,2-3,6-9,11-12H2,1H3/q+1/t17-,18?,20-,21-,22?/m1/s1. The summed E-state index contributed by atoms with van der Waals surface area (Å²) >= 11 is 0. The summed E-state index contributed by atoms with van der Waals surface area (Å²) in [6, 6.07) is -0.109. The Morgan fingerprint density at radius 3 is 2.69 bits per heavy atom. The molecule has 2 saturated carbocycles. The highest BCUT2D eigenvalue weighted by Crippen LogP contribution is 2.62. The lowest BCUT2D eigenvalue weighted by molar-refractivity contribution is -0.945. The van der Waals surface area contributed by atoms with Crippen LogP contribution in [0.1, 0.15) is 38.5 Å². The number of piperidine rings is 1. The monoisotopic (exact) mass is 356 g/mol. The zero-order chi connectivity index (χ0) is 18.3. The maximum Gasteiger partial charge on any atom is 0.222 e. The molecule has 3 fully saturated rings. The minimum Gasteiger partial charge on any atom is -0.383 e. The number of likely N-dealkylation sites (N-methyl/N-ethyl adjacent to an activating group) is 1. The zero-order valence-corrected chi connectivity index (χ0v) is 15.2. The van der Waals surface area contributed by atoms with Gasteiger partial charge in [-0.05, 0) is 37.0 Å². The minimum atomic E-state index is -1.09. The van der Waals surface area contributed by atoms with Gasteiger partial charge in [0.2, 0.25) is 11.6 Å². The third kappa shape index (κ3) is 1.96. The maximum absolute atomic E-state index is 12.8. The van der Waals surface area contributed by atoms with E-state index in [1.807, 2.05) is 0 Å². The van der Waals surface area contributed by atoms with Gasteiger partial charge in [0.25, 0.3) is 0 Å². The molecular formula is C21H26NO4+. The molecule has 5 aliphatic rings. The SMILES string of the molecule is C[N+]1(CC2CC2)CC[C@]23CC(=O)CC[C@@]2(O)[C@H]1C=C1C=CC(=O)C(=O)C13. The molecule has 1 saturated heterocycles. The van der Waals surface area contributed by atoms with Crippen LogP contribution in [-0.2, 0) is 14.4 Å². The second kappa shape index (κ2) is 5.02. The Balaban J connectivity index is 1.70. The molecule has 1 N–H and O–H groups in total. The Kier molecular flexibility index (Phi) is 3.20. The molecule has 5 nitrogen and oxygen atoms in total. The number of likely N-dealkylation sites (tertiary alicyclic amines) is 1. The normalized spacial score (nSPS) is 47.3. The van der Waals surface area contributed by atoms with Crippen LogP contribution in [0.5, 0.6) is 0 Å². The van der Waals surface area contributed by atoms with Crippen LogP contribution in [0.15, 0.2) is 23.8 Å². The van der Waals surface area contributed by atoms with Crippen LogP contribution in [0, 0.1) is 17.3 Å². The van der Waals surface area contributed by atoms with Gasteiger partial charge >= 0.3 is 0 Å². The van der Waals surface area contributed by atoms with Crippen molar-refractivity contribution in [1.29, 1.82) is 0 Å². The van der Waals surface area contributed by atoms with Gasteiger partial charge in [-0.2, -0.15) is 0 Å². The van der Waals surface area contributed by atoms with Crippen molar-refractivity contribution in [2.24, 2.45) is 17.3 Å². The minimum absolute atomic E-state index is 0.109. The van der Waals surface area contributed by atoms with Crippen molar-refractivity contribution >= 4 is 17.3 Å². The van der Waals surface area contributed by atoms with Gasteiger partial charge in [-0.25, -0.2) is 0 Å². The van der Waals surface area contributed by atoms with Gasteiger partial charge < -0.3 is 9.59 Å². The lowest BCUT2D eigenvalue weighted by atomic mass is 9.45. The van der Waals surface area contributed by atoms with Crippen molar-refractivity contribution in [1.82, 2.24) is 0 Å². The number of hydrogen-bond acceptors (Lipinski definition) is 4. The van der Waals surface area contributed by atoms with Crippen molar-refractivity contribution in [2.75, 3.05) is 20.1 Å². The maximum atomic E-state index is 12.8. The lowest BCUT2D eigenvalue weighted by Gasteiger charge is -2.65. The van der Waals surface area contributed by atoms with Gasteiger partial charge in [0.05, 0.1) is 26.1 Å². The topological polar surface area (TPSA) is 71.4 Å². The summed E-state index contributed by atoms with van der Waals surface area (Å²) < 4.78 is 0.781. The Morgan fingerprint density at radius 2 is 1.96 bits per heavy atom. The van der Waals surface area contributed by atoms with Gasteiger partial charge in [-0.1, -0.05) is 6.08 Å². The molecular weight excluding hydrogens is 330 g/mol. The first-order valence-electron chi connectivity index (χ1n) is 9.85. The third-order valence-corrected chi connectivity index (χ3v) is 7.93. The summed E-state index contributed by atoms with van der Waals surface area (Å²) in [5.41, 5.74) is -1.05. The van der Waals surface area contributed by atoms with E-state index in [9.17, 15) is 19.5 Å². The van der Waals surface area contributed by atoms with Crippen molar-refractivity contribution in [3.63, 3.8) is 0 Å². The Morgan fingerprint density at radius 1 is 1.19 bits per heavy atom. The van der Waals surface area contributed by atoms with Crippen LogP contribution in [0.3, 0.4) is 0 Å². The molecule has 0 aromatic heterocycles. The number of rotatable bonds is 2. The third-order valence-electron chi connectivity index (χ3n) is 7.93. The summed E-state index contributed by atoms with van der Waals surface area (Å²) in [6.45, 7) is 1.89. The van der Waals surface area contributed by atoms with E-state index >= 15 is 0 Å². The van der Waals surface area contributed by atoms with Crippen molar-refractivity contribution < 1.29 is 24.0 Å². The second-order valence-corrected chi connectivity index (χ2v) is 9.48. The number of fused-ring (bicyclic) bond motifs is 1. The number of carbonyl (C=O) groups excluding carboxylic acids is 3. The number of ketones is 3. The number of hydrogen-bond donors (Lipinski definition) is 1. The summed E-state index contributed by atoms with van der Waals surface area (Å²) in [6.07, 6.45) is 9.32. The summed E-state index contributed by atoms with van der Waals surface area (Å²) in [4.78, 5) is 37.4. The molecule has 1 heterocycles. The van der Waals surface area contributed by atoms with Crippen molar-refractivity contribution in [2.45, 2.75) is 50.2 Å². The summed E-state index contributed by atoms with van der Waals surface area (Å²) in [7, 11) is 2.22. The van der Waals surface area contributed by atoms with Gasteiger partial charge in [-0.15, -0.1) is 0 Å². The predicted molar refractivity (Wildman–Crippen MR) is 94.0 cm³/mol. The van der Waals surface area contributed by atoms with Gasteiger partial charge in [0.1, 0.15) is 17.4 Å². The average Bonchev–Trinajstić information content (AvgIpc) is 3.39. The van der Waals surface area contributed by atoms with Crippen LogP contribution >= 0.6 is 0 Å². The van der Waals surface area contributed by atoms with Gasteiger partial charge in [0.15, 0.2) is 0 Å². The van der Waals surface area contributed by atoms with Crippen molar-refractivity contribution in [3.05, 3.63) is 23.8 Å². The Bertz CT molecular complexity index is 794. The molecule has 1 aliphatic heterocycles. The summed E-state index contributed by atoms with van der Waals surface area (Å²) in [5, 5.41) is 12.0. The molecule has 0 aromatic rings. The second-order valence-electron chi connectivity index (χ2n) is 9.48. The van der Waals surface area contributed by atoms with Crippen molar-refractivity contribution in [3.8, 4) is 0 Å². The molecule has 0 aromatic carbocycles. The average molecular weight is 356 g/mol. The van der Waals surface area contributed by atoms with Crippen LogP contribution < -0.4 is 0 Å². The predicted octanol–water partition coefficient (Wildman–Crippen LogP) is 1.35. The van der Waals surface area contributed by atoms with Gasteiger partial charge in [0, 0.05) is 30.6 Å². The highest BCUT2D eigenvalue weighted by atomic mass is 16.3. The number of allylic oxidation sites excluding steroid dienone is 3. The number of carbonyl (C=O) groups is 3. The quantitative estimate of drug-likeness (QED) is 0.599. The highest BCUT2D eigenvalue weighted by molar-refractivity contribution is 6.44. The van der Waals surface area contributed by atoms with Crippen LogP contribution in [0.4, 0.5) is 0 Å². The number of quaternary nitrogens is 1.